The maximum Gasteiger partial charge on any atom is 0.244 e. The lowest BCUT2D eigenvalue weighted by Crippen LogP contribution is -2.27. The van der Waals surface area contributed by atoms with Gasteiger partial charge in [0.1, 0.15) is 10.7 Å². The molecule has 2 rings (SSSR count). The highest BCUT2D eigenvalue weighted by atomic mass is 32.2. The Labute approximate surface area is 127 Å². The van der Waals surface area contributed by atoms with E-state index in [2.05, 4.69) is 4.72 Å². The lowest BCUT2D eigenvalue weighted by Gasteiger charge is -2.15. The van der Waals surface area contributed by atoms with Crippen LogP contribution in [0.4, 0.5) is 8.78 Å². The van der Waals surface area contributed by atoms with Gasteiger partial charge >= 0.3 is 0 Å². The van der Waals surface area contributed by atoms with Crippen LogP contribution in [0.3, 0.4) is 0 Å². The molecule has 0 heterocycles. The zero-order valence-corrected chi connectivity index (χ0v) is 12.8. The molecule has 0 radical (unpaired) electrons. The van der Waals surface area contributed by atoms with Crippen molar-refractivity contribution in [3.8, 4) is 5.75 Å². The fourth-order valence-electron chi connectivity index (χ4n) is 1.98. The number of nitrogens with one attached hydrogen (secondary N) is 1. The standard InChI is InChI=1S/C15H15F2NO3S/c1-10(11-7-8-14(21-2)13(17)9-11)18-22(19,20)15-6-4-3-5-12(15)16/h3-10,18H,1-2H3. The first kappa shape index (κ1) is 16.4. The maximum atomic E-state index is 13.7. The van der Waals surface area contributed by atoms with Crippen molar-refractivity contribution in [1.29, 1.82) is 0 Å². The fourth-order valence-corrected chi connectivity index (χ4v) is 3.29. The van der Waals surface area contributed by atoms with Crippen molar-refractivity contribution in [3.05, 3.63) is 59.7 Å². The van der Waals surface area contributed by atoms with Gasteiger partial charge in [0.15, 0.2) is 11.6 Å². The zero-order chi connectivity index (χ0) is 16.3. The summed E-state index contributed by atoms with van der Waals surface area (Å²) in [5.41, 5.74) is 0.401. The minimum Gasteiger partial charge on any atom is -0.494 e. The van der Waals surface area contributed by atoms with Crippen LogP contribution in [0.1, 0.15) is 18.5 Å². The Balaban J connectivity index is 2.26. The zero-order valence-electron chi connectivity index (χ0n) is 12.0. The molecule has 0 amide bonds. The topological polar surface area (TPSA) is 55.4 Å². The van der Waals surface area contributed by atoms with Gasteiger partial charge in [-0.15, -0.1) is 0 Å². The minimum atomic E-state index is -4.05. The average Bonchev–Trinajstić information content (AvgIpc) is 2.46. The van der Waals surface area contributed by atoms with E-state index in [1.54, 1.807) is 6.92 Å². The van der Waals surface area contributed by atoms with Crippen LogP contribution in [0.2, 0.25) is 0 Å². The summed E-state index contributed by atoms with van der Waals surface area (Å²) in [5, 5.41) is 0. The van der Waals surface area contributed by atoms with Gasteiger partial charge in [0, 0.05) is 6.04 Å². The molecule has 0 bridgehead atoms. The number of halogens is 2. The number of sulfonamides is 1. The Morgan fingerprint density at radius 1 is 1.09 bits per heavy atom. The molecule has 0 fully saturated rings. The SMILES string of the molecule is COc1ccc(C(C)NS(=O)(=O)c2ccccc2F)cc1F. The largest absolute Gasteiger partial charge is 0.494 e. The summed E-state index contributed by atoms with van der Waals surface area (Å²) in [4.78, 5) is -0.448. The summed E-state index contributed by atoms with van der Waals surface area (Å²) in [5.74, 6) is -1.38. The highest BCUT2D eigenvalue weighted by molar-refractivity contribution is 7.89. The van der Waals surface area contributed by atoms with Gasteiger partial charge in [0.25, 0.3) is 0 Å². The Bertz CT molecular complexity index is 778. The first-order chi connectivity index (χ1) is 10.3. The van der Waals surface area contributed by atoms with Crippen LogP contribution < -0.4 is 9.46 Å². The predicted octanol–water partition coefficient (Wildman–Crippen LogP) is 3.01. The number of methoxy groups -OCH3 is 1. The third-order valence-electron chi connectivity index (χ3n) is 3.13. The van der Waals surface area contributed by atoms with Crippen LogP contribution in [0, 0.1) is 11.6 Å². The van der Waals surface area contributed by atoms with Crippen LogP contribution in [0.25, 0.3) is 0 Å². The summed E-state index contributed by atoms with van der Waals surface area (Å²) in [7, 11) is -2.71. The Kier molecular flexibility index (Phi) is 4.77. The molecule has 118 valence electrons. The molecule has 0 spiro atoms. The molecular formula is C15H15F2NO3S. The van der Waals surface area contributed by atoms with Gasteiger partial charge in [-0.1, -0.05) is 18.2 Å². The second-order valence-electron chi connectivity index (χ2n) is 4.67. The number of benzene rings is 2. The lowest BCUT2D eigenvalue weighted by molar-refractivity contribution is 0.386. The maximum absolute atomic E-state index is 13.7. The molecular weight excluding hydrogens is 312 g/mol. The Morgan fingerprint density at radius 2 is 1.77 bits per heavy atom. The molecule has 0 saturated heterocycles. The molecule has 1 atom stereocenters. The van der Waals surface area contributed by atoms with E-state index in [0.29, 0.717) is 5.56 Å². The number of ether oxygens (including phenoxy) is 1. The highest BCUT2D eigenvalue weighted by Gasteiger charge is 2.22. The van der Waals surface area contributed by atoms with Crippen molar-refractivity contribution >= 4 is 10.0 Å². The number of rotatable bonds is 5. The first-order valence-electron chi connectivity index (χ1n) is 6.45. The summed E-state index contributed by atoms with van der Waals surface area (Å²) < 4.78 is 58.7. The van der Waals surface area contributed by atoms with Gasteiger partial charge in [-0.2, -0.15) is 0 Å². The quantitative estimate of drug-likeness (QED) is 0.918. The second-order valence-corrected chi connectivity index (χ2v) is 6.35. The summed E-state index contributed by atoms with van der Waals surface area (Å²) in [6.45, 7) is 1.54. The molecule has 2 aromatic rings. The van der Waals surface area contributed by atoms with Crippen molar-refractivity contribution in [3.63, 3.8) is 0 Å². The predicted molar refractivity (Wildman–Crippen MR) is 78.1 cm³/mol. The molecule has 2 aromatic carbocycles. The average molecular weight is 327 g/mol. The van der Waals surface area contributed by atoms with Crippen molar-refractivity contribution in [2.45, 2.75) is 17.9 Å². The van der Waals surface area contributed by atoms with Gasteiger partial charge in [0.05, 0.1) is 7.11 Å². The summed E-state index contributed by atoms with van der Waals surface area (Å²) in [6, 6.07) is 8.43. The van der Waals surface area contributed by atoms with Crippen molar-refractivity contribution in [2.75, 3.05) is 7.11 Å². The van der Waals surface area contributed by atoms with Gasteiger partial charge in [0.2, 0.25) is 10.0 Å². The second kappa shape index (κ2) is 6.41. The van der Waals surface area contributed by atoms with E-state index in [1.165, 1.54) is 43.5 Å². The summed E-state index contributed by atoms with van der Waals surface area (Å²) in [6.07, 6.45) is 0. The monoisotopic (exact) mass is 327 g/mol. The smallest absolute Gasteiger partial charge is 0.244 e. The fraction of sp³-hybridized carbons (Fsp3) is 0.200. The van der Waals surface area contributed by atoms with Gasteiger partial charge < -0.3 is 4.74 Å². The molecule has 7 heteroatoms. The molecule has 22 heavy (non-hydrogen) atoms. The third-order valence-corrected chi connectivity index (χ3v) is 4.71. The van der Waals surface area contributed by atoms with E-state index >= 15 is 0 Å². The van der Waals surface area contributed by atoms with Crippen molar-refractivity contribution in [2.24, 2.45) is 0 Å². The van der Waals surface area contributed by atoms with E-state index < -0.39 is 32.6 Å². The van der Waals surface area contributed by atoms with Gasteiger partial charge in [-0.05, 0) is 36.8 Å². The molecule has 0 aliphatic carbocycles. The van der Waals surface area contributed by atoms with E-state index in [9.17, 15) is 17.2 Å². The van der Waals surface area contributed by atoms with E-state index in [4.69, 9.17) is 4.74 Å². The number of hydrogen-bond donors (Lipinski definition) is 1. The van der Waals surface area contributed by atoms with Crippen molar-refractivity contribution < 1.29 is 21.9 Å². The lowest BCUT2D eigenvalue weighted by atomic mass is 10.1. The molecule has 4 nitrogen and oxygen atoms in total. The van der Waals surface area contributed by atoms with Crippen molar-refractivity contribution in [1.82, 2.24) is 4.72 Å². The number of hydrogen-bond acceptors (Lipinski definition) is 3. The third kappa shape index (κ3) is 3.42. The molecule has 0 aliphatic heterocycles. The van der Waals surface area contributed by atoms with Crippen LogP contribution >= 0.6 is 0 Å². The summed E-state index contributed by atoms with van der Waals surface area (Å²) >= 11 is 0. The normalized spacial score (nSPS) is 12.9. The van der Waals surface area contributed by atoms with Gasteiger partial charge in [-0.3, -0.25) is 0 Å². The van der Waals surface area contributed by atoms with E-state index in [1.807, 2.05) is 0 Å². The molecule has 0 saturated carbocycles. The van der Waals surface area contributed by atoms with E-state index in [0.717, 1.165) is 6.07 Å². The van der Waals surface area contributed by atoms with Crippen LogP contribution in [0.5, 0.6) is 5.75 Å². The molecule has 1 N–H and O–H groups in total. The van der Waals surface area contributed by atoms with E-state index in [-0.39, 0.29) is 5.75 Å². The first-order valence-corrected chi connectivity index (χ1v) is 7.94. The molecule has 1 unspecified atom stereocenters. The minimum absolute atomic E-state index is 0.0629. The van der Waals surface area contributed by atoms with Crippen LogP contribution in [0.15, 0.2) is 47.4 Å². The Hall–Kier alpha value is -1.99. The van der Waals surface area contributed by atoms with Crippen LogP contribution in [-0.2, 0) is 10.0 Å². The van der Waals surface area contributed by atoms with Crippen LogP contribution in [-0.4, -0.2) is 15.5 Å². The van der Waals surface area contributed by atoms with Gasteiger partial charge in [-0.25, -0.2) is 21.9 Å². The molecule has 0 aromatic heterocycles. The highest BCUT2D eigenvalue weighted by Crippen LogP contribution is 2.23. The molecule has 0 aliphatic rings. The Morgan fingerprint density at radius 3 is 2.36 bits per heavy atom.